The molecule has 1 aromatic rings. The van der Waals surface area contributed by atoms with Crippen molar-refractivity contribution in [2.24, 2.45) is 22.7 Å². The van der Waals surface area contributed by atoms with Gasteiger partial charge in [0.25, 0.3) is 0 Å². The van der Waals surface area contributed by atoms with Crippen molar-refractivity contribution in [2.75, 3.05) is 6.61 Å². The van der Waals surface area contributed by atoms with Gasteiger partial charge in [0.05, 0.1) is 12.7 Å². The van der Waals surface area contributed by atoms with Gasteiger partial charge in [-0.2, -0.15) is 0 Å². The summed E-state index contributed by atoms with van der Waals surface area (Å²) in [4.78, 5) is 0. The summed E-state index contributed by atoms with van der Waals surface area (Å²) in [6.45, 7) is 35.4. The van der Waals surface area contributed by atoms with Crippen molar-refractivity contribution in [3.63, 3.8) is 0 Å². The maximum atomic E-state index is 7.09. The van der Waals surface area contributed by atoms with Gasteiger partial charge in [-0.15, -0.1) is 0 Å². The highest BCUT2D eigenvalue weighted by molar-refractivity contribution is 7.42. The third-order valence-corrected chi connectivity index (χ3v) is 10.3. The Balaban J connectivity index is 2.27. The average molecular weight is 599 g/mol. The number of hydrogen-bond acceptors (Lipinski definition) is 3. The van der Waals surface area contributed by atoms with E-state index >= 15 is 0 Å². The summed E-state index contributed by atoms with van der Waals surface area (Å²) < 4.78 is 20.8. The van der Waals surface area contributed by atoms with E-state index in [2.05, 4.69) is 128 Å². The molecule has 5 atom stereocenters. The van der Waals surface area contributed by atoms with Crippen LogP contribution in [0.3, 0.4) is 0 Å². The minimum atomic E-state index is -1.61. The lowest BCUT2D eigenvalue weighted by molar-refractivity contribution is 0.100. The molecule has 0 bridgehead atoms. The van der Waals surface area contributed by atoms with E-state index in [0.717, 1.165) is 12.2 Å². The standard InChI is InChI=1S/C38H63O3P/c1-16-18-19-26(17-2)24-39-42-40-33-29(20-27(35(4,5)6)22-31(33)37(10,11)12)25(3)30-21-28(36(7,8)9)23-32(34(30)41-42)38(13,14)15/h20-23,25-26,29,33H,16-19,24H2,1-15H3. The van der Waals surface area contributed by atoms with Gasteiger partial charge in [-0.1, -0.05) is 147 Å². The minimum absolute atomic E-state index is 0.0251. The molecule has 1 heterocycles. The van der Waals surface area contributed by atoms with Crippen molar-refractivity contribution in [3.8, 4) is 5.75 Å². The Morgan fingerprint density at radius 2 is 1.50 bits per heavy atom. The van der Waals surface area contributed by atoms with Crippen LogP contribution in [-0.4, -0.2) is 12.7 Å². The van der Waals surface area contributed by atoms with E-state index in [-0.39, 0.29) is 39.6 Å². The maximum absolute atomic E-state index is 7.09. The molecule has 3 nitrogen and oxygen atoms in total. The minimum Gasteiger partial charge on any atom is -0.426 e. The Hall–Kier alpha value is -1.15. The predicted octanol–water partition coefficient (Wildman–Crippen LogP) is 12.2. The summed E-state index contributed by atoms with van der Waals surface area (Å²) in [6, 6.07) is 4.81. The largest absolute Gasteiger partial charge is 0.426 e. The van der Waals surface area contributed by atoms with Crippen LogP contribution in [0.25, 0.3) is 0 Å². The third-order valence-electron chi connectivity index (χ3n) is 9.26. The zero-order valence-electron chi connectivity index (χ0n) is 29.8. The first kappa shape index (κ1) is 35.3. The quantitative estimate of drug-likeness (QED) is 0.292. The lowest BCUT2D eigenvalue weighted by Gasteiger charge is -2.44. The fourth-order valence-electron chi connectivity index (χ4n) is 6.04. The van der Waals surface area contributed by atoms with Gasteiger partial charge >= 0.3 is 8.60 Å². The van der Waals surface area contributed by atoms with Crippen LogP contribution in [0.1, 0.15) is 152 Å². The van der Waals surface area contributed by atoms with Crippen molar-refractivity contribution in [3.05, 3.63) is 52.1 Å². The molecule has 0 saturated heterocycles. The molecule has 2 aliphatic rings. The molecule has 0 amide bonds. The van der Waals surface area contributed by atoms with Gasteiger partial charge in [0.2, 0.25) is 0 Å². The molecule has 1 aliphatic carbocycles. The van der Waals surface area contributed by atoms with Gasteiger partial charge in [-0.3, -0.25) is 4.52 Å². The molecule has 0 saturated carbocycles. The van der Waals surface area contributed by atoms with Crippen LogP contribution in [0, 0.1) is 22.7 Å². The fourth-order valence-corrected chi connectivity index (χ4v) is 7.32. The van der Waals surface area contributed by atoms with Crippen LogP contribution in [-0.2, 0) is 19.9 Å². The fraction of sp³-hybridized carbons (Fsp3) is 0.737. The molecule has 3 rings (SSSR count). The van der Waals surface area contributed by atoms with Gasteiger partial charge in [0, 0.05) is 11.5 Å². The summed E-state index contributed by atoms with van der Waals surface area (Å²) in [7, 11) is -1.61. The molecule has 1 aliphatic heterocycles. The first-order valence-electron chi connectivity index (χ1n) is 16.6. The molecule has 0 spiro atoms. The number of allylic oxidation sites excluding steroid dienone is 2. The summed E-state index contributed by atoms with van der Waals surface area (Å²) in [6.07, 6.45) is 9.57. The Morgan fingerprint density at radius 3 is 2.00 bits per heavy atom. The van der Waals surface area contributed by atoms with Gasteiger partial charge in [0.15, 0.2) is 0 Å². The molecular formula is C38H63O3P. The Labute approximate surface area is 261 Å². The highest BCUT2D eigenvalue weighted by Crippen LogP contribution is 2.57. The van der Waals surface area contributed by atoms with E-state index in [1.54, 1.807) is 0 Å². The molecule has 0 N–H and O–H groups in total. The van der Waals surface area contributed by atoms with Crippen LogP contribution in [0.4, 0.5) is 0 Å². The van der Waals surface area contributed by atoms with Gasteiger partial charge in [-0.25, -0.2) is 0 Å². The molecular weight excluding hydrogens is 535 g/mol. The Kier molecular flexibility index (Phi) is 11.0. The second-order valence-corrected chi connectivity index (χ2v) is 18.2. The zero-order chi connectivity index (χ0) is 31.8. The SMILES string of the molecule is CCCCC(CC)COP1Oc2c(cc(C(C)(C)C)cc2C(C)(C)C)C(C)C2C=C(C(C)(C)C)C=C(C(C)(C)C)C2O1. The summed E-state index contributed by atoms with van der Waals surface area (Å²) in [5.74, 6) is 1.88. The average Bonchev–Trinajstić information content (AvgIpc) is 2.84. The van der Waals surface area contributed by atoms with Gasteiger partial charge in [0.1, 0.15) is 5.75 Å². The molecule has 0 radical (unpaired) electrons. The summed E-state index contributed by atoms with van der Waals surface area (Å²) >= 11 is 0. The molecule has 5 unspecified atom stereocenters. The first-order chi connectivity index (χ1) is 19.2. The van der Waals surface area contributed by atoms with Crippen LogP contribution in [0.15, 0.2) is 35.4 Å². The third kappa shape index (κ3) is 8.31. The molecule has 238 valence electrons. The molecule has 4 heteroatoms. The molecule has 0 aromatic heterocycles. The van der Waals surface area contributed by atoms with Crippen molar-refractivity contribution >= 4 is 8.60 Å². The van der Waals surface area contributed by atoms with E-state index in [9.17, 15) is 0 Å². The Bertz CT molecular complexity index is 1130. The number of unbranched alkanes of at least 4 members (excludes halogenated alkanes) is 1. The smallest absolute Gasteiger partial charge is 0.397 e. The molecule has 1 aromatic carbocycles. The van der Waals surface area contributed by atoms with Crippen LogP contribution < -0.4 is 4.52 Å². The van der Waals surface area contributed by atoms with Gasteiger partial charge < -0.3 is 9.05 Å². The second kappa shape index (κ2) is 13.1. The molecule has 0 fully saturated rings. The highest BCUT2D eigenvalue weighted by Gasteiger charge is 2.44. The van der Waals surface area contributed by atoms with Crippen molar-refractivity contribution in [1.29, 1.82) is 0 Å². The predicted molar refractivity (Wildman–Crippen MR) is 183 cm³/mol. The van der Waals surface area contributed by atoms with E-state index in [0.29, 0.717) is 12.5 Å². The number of benzene rings is 1. The van der Waals surface area contributed by atoms with E-state index < -0.39 is 8.60 Å². The summed E-state index contributed by atoms with van der Waals surface area (Å²) in [5, 5.41) is 0. The first-order valence-corrected chi connectivity index (χ1v) is 17.7. The second-order valence-electron chi connectivity index (χ2n) is 17.1. The number of fused-ring (bicyclic) bond motifs is 2. The monoisotopic (exact) mass is 598 g/mol. The Morgan fingerprint density at radius 1 is 0.857 bits per heavy atom. The van der Waals surface area contributed by atoms with Gasteiger partial charge in [-0.05, 0) is 62.2 Å². The van der Waals surface area contributed by atoms with E-state index in [4.69, 9.17) is 13.6 Å². The van der Waals surface area contributed by atoms with E-state index in [1.165, 1.54) is 47.1 Å². The lowest BCUT2D eigenvalue weighted by atomic mass is 9.67. The van der Waals surface area contributed by atoms with Crippen LogP contribution in [0.2, 0.25) is 0 Å². The van der Waals surface area contributed by atoms with Crippen LogP contribution >= 0.6 is 8.60 Å². The summed E-state index contributed by atoms with van der Waals surface area (Å²) in [5.41, 5.74) is 6.56. The van der Waals surface area contributed by atoms with E-state index in [1.807, 2.05) is 0 Å². The van der Waals surface area contributed by atoms with Crippen LogP contribution in [0.5, 0.6) is 5.75 Å². The number of hydrogen-bond donors (Lipinski definition) is 0. The number of rotatable bonds is 7. The highest BCUT2D eigenvalue weighted by atomic mass is 31.2. The lowest BCUT2D eigenvalue weighted by Crippen LogP contribution is -2.38. The maximum Gasteiger partial charge on any atom is 0.397 e. The van der Waals surface area contributed by atoms with Crippen molar-refractivity contribution in [1.82, 2.24) is 0 Å². The van der Waals surface area contributed by atoms with Crippen molar-refractivity contribution < 1.29 is 13.6 Å². The van der Waals surface area contributed by atoms with Crippen molar-refractivity contribution in [2.45, 2.75) is 152 Å². The zero-order valence-corrected chi connectivity index (χ0v) is 30.7. The topological polar surface area (TPSA) is 27.7 Å². The normalized spacial score (nSPS) is 24.5. The molecule has 42 heavy (non-hydrogen) atoms.